The zero-order valence-corrected chi connectivity index (χ0v) is 13.9. The normalized spacial score (nSPS) is 10.4. The Hall–Kier alpha value is -2.24. The fourth-order valence-corrected chi connectivity index (χ4v) is 2.04. The molecule has 0 aliphatic heterocycles. The smallest absolute Gasteiger partial charge is 0.303 e. The average Bonchev–Trinajstić information content (AvgIpc) is 2.49. The van der Waals surface area contributed by atoms with Crippen molar-refractivity contribution in [2.75, 3.05) is 13.7 Å². The minimum atomic E-state index is -0.789. The predicted molar refractivity (Wildman–Crippen MR) is 87.2 cm³/mol. The third-order valence-corrected chi connectivity index (χ3v) is 3.15. The molecule has 0 aliphatic carbocycles. The second-order valence-corrected chi connectivity index (χ2v) is 5.49. The number of carbonyl (C=O) groups excluding carboxylic acids is 1. The molecule has 1 aromatic carbocycles. The van der Waals surface area contributed by atoms with Crippen molar-refractivity contribution in [1.82, 2.24) is 5.32 Å². The number of benzene rings is 1. The molecule has 0 radical (unpaired) electrons. The van der Waals surface area contributed by atoms with Gasteiger partial charge in [-0.3, -0.25) is 9.59 Å². The second-order valence-electron chi connectivity index (χ2n) is 5.49. The molecule has 0 spiro atoms. The first-order valence-electron chi connectivity index (χ1n) is 7.78. The van der Waals surface area contributed by atoms with Crippen LogP contribution in [-0.4, -0.2) is 36.7 Å². The summed E-state index contributed by atoms with van der Waals surface area (Å²) < 4.78 is 10.8. The Kier molecular flexibility index (Phi) is 7.94. The van der Waals surface area contributed by atoms with Crippen molar-refractivity contribution in [2.24, 2.45) is 0 Å². The van der Waals surface area contributed by atoms with Crippen molar-refractivity contribution in [3.8, 4) is 11.5 Å². The van der Waals surface area contributed by atoms with Gasteiger partial charge in [-0.15, -0.1) is 0 Å². The molecule has 1 amide bonds. The summed E-state index contributed by atoms with van der Waals surface area (Å²) in [5.74, 6) is 0.123. The summed E-state index contributed by atoms with van der Waals surface area (Å²) in [5.41, 5.74) is 0.463. The summed E-state index contributed by atoms with van der Waals surface area (Å²) in [6.45, 7) is 4.29. The summed E-state index contributed by atoms with van der Waals surface area (Å²) >= 11 is 0. The molecule has 6 nitrogen and oxygen atoms in total. The van der Waals surface area contributed by atoms with Crippen LogP contribution in [0, 0.1) is 0 Å². The highest BCUT2D eigenvalue weighted by atomic mass is 16.5. The molecule has 0 unspecified atom stereocenters. The van der Waals surface area contributed by atoms with Crippen LogP contribution in [0.1, 0.15) is 49.9 Å². The van der Waals surface area contributed by atoms with Crippen LogP contribution in [0.5, 0.6) is 11.5 Å². The van der Waals surface area contributed by atoms with E-state index in [4.69, 9.17) is 14.6 Å². The molecule has 0 saturated heterocycles. The molecule has 1 rings (SSSR count). The lowest BCUT2D eigenvalue weighted by Crippen LogP contribution is -2.25. The molecular weight excluding hydrogens is 298 g/mol. The van der Waals surface area contributed by atoms with Gasteiger partial charge < -0.3 is 19.9 Å². The molecule has 0 saturated carbocycles. The first-order chi connectivity index (χ1) is 10.9. The van der Waals surface area contributed by atoms with Gasteiger partial charge in [0.1, 0.15) is 11.5 Å². The molecule has 23 heavy (non-hydrogen) atoms. The van der Waals surface area contributed by atoms with Crippen LogP contribution in [-0.2, 0) is 4.79 Å². The van der Waals surface area contributed by atoms with Crippen LogP contribution in [0.4, 0.5) is 0 Å². The van der Waals surface area contributed by atoms with Crippen LogP contribution >= 0.6 is 0 Å². The Labute approximate surface area is 136 Å². The summed E-state index contributed by atoms with van der Waals surface area (Å²) in [4.78, 5) is 22.7. The molecule has 128 valence electrons. The maximum atomic E-state index is 12.3. The molecule has 0 atom stereocenters. The number of amides is 1. The van der Waals surface area contributed by atoms with E-state index < -0.39 is 5.97 Å². The standard InChI is InChI=1S/C17H25NO5/c1-12(2)23-15-11-13(22-3)8-9-14(15)17(21)18-10-6-4-5-7-16(19)20/h8-9,11-12H,4-7,10H2,1-3H3,(H,18,21)(H,19,20). The third kappa shape index (κ3) is 7.04. The lowest BCUT2D eigenvalue weighted by Gasteiger charge is -2.15. The monoisotopic (exact) mass is 323 g/mol. The lowest BCUT2D eigenvalue weighted by molar-refractivity contribution is -0.137. The van der Waals surface area contributed by atoms with E-state index in [9.17, 15) is 9.59 Å². The van der Waals surface area contributed by atoms with Gasteiger partial charge in [-0.2, -0.15) is 0 Å². The summed E-state index contributed by atoms with van der Waals surface area (Å²) in [6.07, 6.45) is 2.25. The molecule has 0 heterocycles. The topological polar surface area (TPSA) is 84.9 Å². The quantitative estimate of drug-likeness (QED) is 0.647. The van der Waals surface area contributed by atoms with Gasteiger partial charge in [-0.25, -0.2) is 0 Å². The first-order valence-corrected chi connectivity index (χ1v) is 7.78. The van der Waals surface area contributed by atoms with E-state index in [0.29, 0.717) is 30.0 Å². The van der Waals surface area contributed by atoms with E-state index in [-0.39, 0.29) is 18.4 Å². The van der Waals surface area contributed by atoms with E-state index in [1.807, 2.05) is 13.8 Å². The Morgan fingerprint density at radius 2 is 1.96 bits per heavy atom. The molecule has 0 aliphatic rings. The highest BCUT2D eigenvalue weighted by Gasteiger charge is 2.14. The van der Waals surface area contributed by atoms with Crippen LogP contribution in [0.15, 0.2) is 18.2 Å². The Balaban J connectivity index is 2.56. The molecule has 2 N–H and O–H groups in total. The lowest BCUT2D eigenvalue weighted by atomic mass is 10.1. The first kappa shape index (κ1) is 18.8. The summed E-state index contributed by atoms with van der Waals surface area (Å²) in [7, 11) is 1.56. The Bertz CT molecular complexity index is 528. The Morgan fingerprint density at radius 1 is 1.22 bits per heavy atom. The molecule has 0 bridgehead atoms. The van der Waals surface area contributed by atoms with E-state index in [1.54, 1.807) is 25.3 Å². The molecular formula is C17H25NO5. The number of aliphatic carboxylic acids is 1. The number of hydrogen-bond acceptors (Lipinski definition) is 4. The van der Waals surface area contributed by atoms with Gasteiger partial charge in [-0.1, -0.05) is 6.42 Å². The largest absolute Gasteiger partial charge is 0.497 e. The van der Waals surface area contributed by atoms with Crippen molar-refractivity contribution in [3.05, 3.63) is 23.8 Å². The van der Waals surface area contributed by atoms with Crippen molar-refractivity contribution in [3.63, 3.8) is 0 Å². The van der Waals surface area contributed by atoms with E-state index in [2.05, 4.69) is 5.32 Å². The van der Waals surface area contributed by atoms with E-state index >= 15 is 0 Å². The number of rotatable bonds is 10. The number of carboxylic acids is 1. The van der Waals surface area contributed by atoms with Crippen molar-refractivity contribution in [2.45, 2.75) is 45.6 Å². The fraction of sp³-hybridized carbons (Fsp3) is 0.529. The van der Waals surface area contributed by atoms with Crippen molar-refractivity contribution >= 4 is 11.9 Å². The van der Waals surface area contributed by atoms with Crippen LogP contribution in [0.2, 0.25) is 0 Å². The van der Waals surface area contributed by atoms with Crippen LogP contribution in [0.25, 0.3) is 0 Å². The molecule has 1 aromatic rings. The zero-order valence-electron chi connectivity index (χ0n) is 13.9. The number of carboxylic acid groups (broad SMARTS) is 1. The van der Waals surface area contributed by atoms with E-state index in [0.717, 1.165) is 12.8 Å². The fourth-order valence-electron chi connectivity index (χ4n) is 2.04. The van der Waals surface area contributed by atoms with Gasteiger partial charge in [0, 0.05) is 19.0 Å². The number of methoxy groups -OCH3 is 1. The number of carbonyl (C=O) groups is 2. The minimum absolute atomic E-state index is 0.0512. The number of unbranched alkanes of at least 4 members (excludes halogenated alkanes) is 2. The van der Waals surface area contributed by atoms with Gasteiger partial charge in [0.05, 0.1) is 18.8 Å². The third-order valence-electron chi connectivity index (χ3n) is 3.15. The molecule has 0 fully saturated rings. The summed E-state index contributed by atoms with van der Waals surface area (Å²) in [5, 5.41) is 11.4. The van der Waals surface area contributed by atoms with Crippen LogP contribution < -0.4 is 14.8 Å². The maximum Gasteiger partial charge on any atom is 0.303 e. The summed E-state index contributed by atoms with van der Waals surface area (Å²) in [6, 6.07) is 5.09. The average molecular weight is 323 g/mol. The number of nitrogens with one attached hydrogen (secondary N) is 1. The molecule has 0 aromatic heterocycles. The minimum Gasteiger partial charge on any atom is -0.497 e. The maximum absolute atomic E-state index is 12.3. The number of hydrogen-bond donors (Lipinski definition) is 2. The van der Waals surface area contributed by atoms with E-state index in [1.165, 1.54) is 0 Å². The second kappa shape index (κ2) is 9.71. The van der Waals surface area contributed by atoms with Gasteiger partial charge >= 0.3 is 5.97 Å². The van der Waals surface area contributed by atoms with Gasteiger partial charge in [0.25, 0.3) is 5.91 Å². The van der Waals surface area contributed by atoms with Crippen molar-refractivity contribution < 1.29 is 24.2 Å². The predicted octanol–water partition coefficient (Wildman–Crippen LogP) is 2.86. The number of ether oxygens (including phenoxy) is 2. The zero-order chi connectivity index (χ0) is 17.2. The van der Waals surface area contributed by atoms with Gasteiger partial charge in [0.2, 0.25) is 0 Å². The highest BCUT2D eigenvalue weighted by molar-refractivity contribution is 5.97. The van der Waals surface area contributed by atoms with Gasteiger partial charge in [0.15, 0.2) is 0 Å². The van der Waals surface area contributed by atoms with Gasteiger partial charge in [-0.05, 0) is 38.8 Å². The van der Waals surface area contributed by atoms with Crippen LogP contribution in [0.3, 0.4) is 0 Å². The molecule has 6 heteroatoms. The Morgan fingerprint density at radius 3 is 2.57 bits per heavy atom. The SMILES string of the molecule is COc1ccc(C(=O)NCCCCCC(=O)O)c(OC(C)C)c1. The van der Waals surface area contributed by atoms with Crippen molar-refractivity contribution in [1.29, 1.82) is 0 Å². The highest BCUT2D eigenvalue weighted by Crippen LogP contribution is 2.25.